The predicted molar refractivity (Wildman–Crippen MR) is 74.4 cm³/mol. The van der Waals surface area contributed by atoms with E-state index in [4.69, 9.17) is 9.47 Å². The maximum atomic E-state index is 11.2. The first kappa shape index (κ1) is 13.5. The van der Waals surface area contributed by atoms with E-state index in [1.165, 1.54) is 0 Å². The van der Waals surface area contributed by atoms with Crippen LogP contribution in [0.1, 0.15) is 13.8 Å². The molecule has 0 fully saturated rings. The second kappa shape index (κ2) is 5.79. The van der Waals surface area contributed by atoms with Crippen molar-refractivity contribution in [2.24, 2.45) is 0 Å². The molecule has 0 radical (unpaired) electrons. The van der Waals surface area contributed by atoms with E-state index in [1.54, 1.807) is 18.2 Å². The van der Waals surface area contributed by atoms with Gasteiger partial charge in [-0.2, -0.15) is 0 Å². The Morgan fingerprint density at radius 1 is 1.21 bits per heavy atom. The van der Waals surface area contributed by atoms with Gasteiger partial charge in [0, 0.05) is 5.56 Å². The smallest absolute Gasteiger partial charge is 0.307 e. The van der Waals surface area contributed by atoms with Crippen molar-refractivity contribution in [3.8, 4) is 27.8 Å². The minimum absolute atomic E-state index is 0.124. The zero-order valence-corrected chi connectivity index (χ0v) is 11.5. The molecule has 0 aliphatic heterocycles. The fraction of sp³-hybridized carbons (Fsp3) is 0.308. The molecule has 0 aliphatic carbocycles. The normalized spacial score (nSPS) is 10.4. The Balaban J connectivity index is 2.45. The zero-order valence-electron chi connectivity index (χ0n) is 10.7. The predicted octanol–water partition coefficient (Wildman–Crippen LogP) is 2.61. The van der Waals surface area contributed by atoms with E-state index in [2.05, 4.69) is 4.98 Å². The highest BCUT2D eigenvalue weighted by molar-refractivity contribution is 7.13. The minimum atomic E-state index is -0.292. The highest BCUT2D eigenvalue weighted by Crippen LogP contribution is 2.36. The maximum absolute atomic E-state index is 11.2. The quantitative estimate of drug-likeness (QED) is 0.883. The van der Waals surface area contributed by atoms with Crippen LogP contribution in [0.3, 0.4) is 0 Å². The summed E-state index contributed by atoms with van der Waals surface area (Å²) in [5, 5.41) is 9.66. The number of ether oxygens (including phenoxy) is 2. The van der Waals surface area contributed by atoms with Crippen LogP contribution in [0.5, 0.6) is 17.4 Å². The lowest BCUT2D eigenvalue weighted by Crippen LogP contribution is -1.98. The number of rotatable bonds is 5. The fourth-order valence-electron chi connectivity index (χ4n) is 1.71. The Bertz CT molecular complexity index is 617. The molecule has 0 amide bonds. The molecule has 0 aliphatic rings. The number of benzene rings is 1. The van der Waals surface area contributed by atoms with Gasteiger partial charge in [0.15, 0.2) is 11.5 Å². The second-order valence-corrected chi connectivity index (χ2v) is 4.70. The van der Waals surface area contributed by atoms with Gasteiger partial charge in [-0.05, 0) is 32.0 Å². The van der Waals surface area contributed by atoms with Gasteiger partial charge in [0.05, 0.1) is 18.1 Å². The van der Waals surface area contributed by atoms with E-state index < -0.39 is 0 Å². The Labute approximate surface area is 114 Å². The van der Waals surface area contributed by atoms with Gasteiger partial charge in [0.25, 0.3) is 0 Å². The lowest BCUT2D eigenvalue weighted by molar-refractivity contribution is 0.288. The van der Waals surface area contributed by atoms with E-state index in [1.807, 2.05) is 13.8 Å². The summed E-state index contributed by atoms with van der Waals surface area (Å²) in [5.41, 5.74) is 0.716. The first-order chi connectivity index (χ1) is 9.15. The van der Waals surface area contributed by atoms with Crippen LogP contribution in [-0.2, 0) is 0 Å². The van der Waals surface area contributed by atoms with Crippen molar-refractivity contribution in [1.29, 1.82) is 0 Å². The Kier molecular flexibility index (Phi) is 4.11. The molecule has 6 heteroatoms. The van der Waals surface area contributed by atoms with Crippen LogP contribution in [0.15, 0.2) is 23.0 Å². The molecule has 1 aromatic heterocycles. The second-order valence-electron chi connectivity index (χ2n) is 3.72. The molecule has 0 bridgehead atoms. The molecule has 2 aromatic rings. The summed E-state index contributed by atoms with van der Waals surface area (Å²) in [7, 11) is 0. The van der Waals surface area contributed by atoms with Crippen LogP contribution >= 0.6 is 11.3 Å². The Hall–Kier alpha value is -1.95. The van der Waals surface area contributed by atoms with Gasteiger partial charge < -0.3 is 14.6 Å². The molecule has 0 saturated heterocycles. The fourth-order valence-corrected chi connectivity index (χ4v) is 2.43. The van der Waals surface area contributed by atoms with Crippen LogP contribution < -0.4 is 14.3 Å². The molecule has 0 saturated carbocycles. The summed E-state index contributed by atoms with van der Waals surface area (Å²) >= 11 is 0.956. The number of nitrogens with one attached hydrogen (secondary N) is 1. The van der Waals surface area contributed by atoms with Gasteiger partial charge in [-0.15, -0.1) is 0 Å². The van der Waals surface area contributed by atoms with Crippen molar-refractivity contribution in [3.63, 3.8) is 0 Å². The van der Waals surface area contributed by atoms with E-state index in [9.17, 15) is 9.90 Å². The summed E-state index contributed by atoms with van der Waals surface area (Å²) in [5.74, 6) is 1.12. The minimum Gasteiger partial charge on any atom is -0.493 e. The van der Waals surface area contributed by atoms with Crippen molar-refractivity contribution in [2.45, 2.75) is 13.8 Å². The van der Waals surface area contributed by atoms with Crippen molar-refractivity contribution in [1.82, 2.24) is 4.98 Å². The lowest BCUT2D eigenvalue weighted by atomic mass is 10.1. The van der Waals surface area contributed by atoms with Gasteiger partial charge in [-0.1, -0.05) is 11.3 Å². The molecule has 0 unspecified atom stereocenters. The van der Waals surface area contributed by atoms with E-state index >= 15 is 0 Å². The van der Waals surface area contributed by atoms with Gasteiger partial charge in [-0.25, -0.2) is 0 Å². The average molecular weight is 281 g/mol. The molecule has 5 nitrogen and oxygen atoms in total. The topological polar surface area (TPSA) is 71.6 Å². The first-order valence-corrected chi connectivity index (χ1v) is 6.79. The van der Waals surface area contributed by atoms with E-state index in [-0.39, 0.29) is 10.8 Å². The number of aromatic hydroxyl groups is 1. The van der Waals surface area contributed by atoms with Crippen LogP contribution in [0, 0.1) is 0 Å². The molecule has 0 atom stereocenters. The van der Waals surface area contributed by atoms with Gasteiger partial charge >= 0.3 is 4.87 Å². The Morgan fingerprint density at radius 3 is 2.47 bits per heavy atom. The number of H-pyrrole nitrogens is 1. The highest BCUT2D eigenvalue weighted by atomic mass is 32.1. The third-order valence-electron chi connectivity index (χ3n) is 2.44. The largest absolute Gasteiger partial charge is 0.493 e. The zero-order chi connectivity index (χ0) is 13.8. The monoisotopic (exact) mass is 281 g/mol. The molecular formula is C13H15NO4S. The number of aromatic nitrogens is 1. The summed E-state index contributed by atoms with van der Waals surface area (Å²) in [4.78, 5) is 13.8. The highest BCUT2D eigenvalue weighted by Gasteiger charge is 2.13. The standard InChI is InChI=1S/C13H15NO4S/c1-3-17-9-6-5-8(7-10(9)18-4-2)11-12(15)14-13(16)19-11/h5-7,15H,3-4H2,1-2H3,(H,14,16). The molecule has 2 rings (SSSR count). The van der Waals surface area contributed by atoms with Crippen molar-refractivity contribution in [3.05, 3.63) is 27.9 Å². The summed E-state index contributed by atoms with van der Waals surface area (Å²) in [6, 6.07) is 5.31. The molecule has 102 valence electrons. The van der Waals surface area contributed by atoms with Crippen LogP contribution in [0.4, 0.5) is 0 Å². The number of aromatic amines is 1. The van der Waals surface area contributed by atoms with E-state index in [0.29, 0.717) is 35.2 Å². The van der Waals surface area contributed by atoms with E-state index in [0.717, 1.165) is 11.3 Å². The van der Waals surface area contributed by atoms with Crippen molar-refractivity contribution >= 4 is 11.3 Å². The van der Waals surface area contributed by atoms with Crippen LogP contribution in [-0.4, -0.2) is 23.3 Å². The molecule has 0 spiro atoms. The Morgan fingerprint density at radius 2 is 1.89 bits per heavy atom. The van der Waals surface area contributed by atoms with Crippen molar-refractivity contribution in [2.75, 3.05) is 13.2 Å². The molecular weight excluding hydrogens is 266 g/mol. The summed E-state index contributed by atoms with van der Waals surface area (Å²) in [6.07, 6.45) is 0. The van der Waals surface area contributed by atoms with Gasteiger partial charge in [0.1, 0.15) is 0 Å². The first-order valence-electron chi connectivity index (χ1n) is 5.97. The molecule has 2 N–H and O–H groups in total. The lowest BCUT2D eigenvalue weighted by Gasteiger charge is -2.11. The van der Waals surface area contributed by atoms with Gasteiger partial charge in [0.2, 0.25) is 5.88 Å². The third-order valence-corrected chi connectivity index (χ3v) is 3.36. The summed E-state index contributed by atoms with van der Waals surface area (Å²) in [6.45, 7) is 4.84. The molecule has 1 heterocycles. The molecule has 1 aromatic carbocycles. The number of hydrogen-bond donors (Lipinski definition) is 2. The van der Waals surface area contributed by atoms with Gasteiger partial charge in [-0.3, -0.25) is 9.78 Å². The average Bonchev–Trinajstić information content (AvgIpc) is 2.71. The van der Waals surface area contributed by atoms with Crippen molar-refractivity contribution < 1.29 is 14.6 Å². The number of thiazole rings is 1. The third kappa shape index (κ3) is 2.90. The SMILES string of the molecule is CCOc1ccc(-c2sc(=O)[nH]c2O)cc1OCC. The van der Waals surface area contributed by atoms with Crippen LogP contribution in [0.2, 0.25) is 0 Å². The van der Waals surface area contributed by atoms with Crippen LogP contribution in [0.25, 0.3) is 10.4 Å². The molecule has 19 heavy (non-hydrogen) atoms. The summed E-state index contributed by atoms with van der Waals surface area (Å²) < 4.78 is 11.0. The number of hydrogen-bond acceptors (Lipinski definition) is 5. The maximum Gasteiger partial charge on any atom is 0.307 e.